The maximum absolute atomic E-state index is 12.3. The molecule has 0 bridgehead atoms. The molecule has 1 aromatic rings. The zero-order valence-corrected chi connectivity index (χ0v) is 12.8. The number of carbonyl (C=O) groups excluding carboxylic acids is 1. The van der Waals surface area contributed by atoms with Crippen LogP contribution in [0.4, 0.5) is 13.2 Å². The summed E-state index contributed by atoms with van der Waals surface area (Å²) < 4.78 is 36.8. The standard InChI is InChI=1S/C17H18F3NO/c1-10-6-14(13-5-4-11(2)12(3)8-13)15(7-10)16(22)21-9-17(18,19)20/h4-6,8H,7,9H2,1-3H3,(H,21,22). The van der Waals surface area contributed by atoms with E-state index in [1.165, 1.54) is 0 Å². The maximum Gasteiger partial charge on any atom is 0.405 e. The number of rotatable bonds is 3. The highest BCUT2D eigenvalue weighted by Gasteiger charge is 2.29. The number of halogens is 3. The van der Waals surface area contributed by atoms with Crippen LogP contribution >= 0.6 is 0 Å². The van der Waals surface area contributed by atoms with Gasteiger partial charge in [0.2, 0.25) is 5.91 Å². The molecule has 1 aliphatic carbocycles. The van der Waals surface area contributed by atoms with Crippen molar-refractivity contribution in [2.45, 2.75) is 33.4 Å². The first-order chi connectivity index (χ1) is 10.2. The van der Waals surface area contributed by atoms with Crippen molar-refractivity contribution in [3.05, 3.63) is 52.1 Å². The molecule has 0 fully saturated rings. The van der Waals surface area contributed by atoms with Crippen LogP contribution < -0.4 is 5.32 Å². The Hall–Kier alpha value is -2.04. The fraction of sp³-hybridized carbons (Fsp3) is 0.353. The molecule has 0 saturated heterocycles. The summed E-state index contributed by atoms with van der Waals surface area (Å²) >= 11 is 0. The Balaban J connectivity index is 2.31. The summed E-state index contributed by atoms with van der Waals surface area (Å²) in [5.41, 5.74) is 5.14. The Morgan fingerprint density at radius 2 is 1.86 bits per heavy atom. The van der Waals surface area contributed by atoms with Gasteiger partial charge in [0.1, 0.15) is 6.54 Å². The number of benzene rings is 1. The molecule has 0 atom stereocenters. The normalized spacial score (nSPS) is 15.1. The molecule has 118 valence electrons. The van der Waals surface area contributed by atoms with E-state index in [2.05, 4.69) is 0 Å². The predicted molar refractivity (Wildman–Crippen MR) is 80.3 cm³/mol. The first-order valence-electron chi connectivity index (χ1n) is 7.00. The van der Waals surface area contributed by atoms with Crippen molar-refractivity contribution >= 4 is 11.5 Å². The second kappa shape index (κ2) is 5.99. The lowest BCUT2D eigenvalue weighted by atomic mass is 9.98. The average molecular weight is 309 g/mol. The molecule has 0 saturated carbocycles. The Morgan fingerprint density at radius 3 is 2.45 bits per heavy atom. The molecule has 1 aromatic carbocycles. The smallest absolute Gasteiger partial charge is 0.343 e. The van der Waals surface area contributed by atoms with Crippen LogP contribution in [0.25, 0.3) is 5.57 Å². The van der Waals surface area contributed by atoms with Crippen LogP contribution in [0.1, 0.15) is 30.0 Å². The number of amides is 1. The van der Waals surface area contributed by atoms with E-state index in [9.17, 15) is 18.0 Å². The van der Waals surface area contributed by atoms with Gasteiger partial charge in [0.25, 0.3) is 0 Å². The minimum Gasteiger partial charge on any atom is -0.343 e. The zero-order valence-electron chi connectivity index (χ0n) is 12.8. The summed E-state index contributed by atoms with van der Waals surface area (Å²) in [6.07, 6.45) is -2.16. The molecule has 0 heterocycles. The summed E-state index contributed by atoms with van der Waals surface area (Å²) in [4.78, 5) is 12.1. The van der Waals surface area contributed by atoms with Crippen molar-refractivity contribution in [2.24, 2.45) is 0 Å². The molecule has 0 spiro atoms. The summed E-state index contributed by atoms with van der Waals surface area (Å²) in [6.45, 7) is 4.51. The van der Waals surface area contributed by atoms with Crippen molar-refractivity contribution in [3.8, 4) is 0 Å². The second-order valence-electron chi connectivity index (χ2n) is 5.66. The number of alkyl halides is 3. The molecule has 22 heavy (non-hydrogen) atoms. The van der Waals surface area contributed by atoms with Crippen molar-refractivity contribution < 1.29 is 18.0 Å². The third kappa shape index (κ3) is 3.78. The van der Waals surface area contributed by atoms with Crippen LogP contribution in [0.15, 0.2) is 35.4 Å². The highest BCUT2D eigenvalue weighted by Crippen LogP contribution is 2.33. The Bertz CT molecular complexity index is 669. The molecule has 0 aromatic heterocycles. The highest BCUT2D eigenvalue weighted by molar-refractivity contribution is 6.05. The van der Waals surface area contributed by atoms with E-state index >= 15 is 0 Å². The van der Waals surface area contributed by atoms with Crippen LogP contribution in [-0.2, 0) is 4.79 Å². The third-order valence-corrected chi connectivity index (χ3v) is 3.71. The lowest BCUT2D eigenvalue weighted by molar-refractivity contribution is -0.136. The lowest BCUT2D eigenvalue weighted by Crippen LogP contribution is -2.34. The molecule has 0 aliphatic heterocycles. The Kier molecular flexibility index (Phi) is 4.44. The molecule has 1 N–H and O–H groups in total. The van der Waals surface area contributed by atoms with Crippen LogP contribution in [-0.4, -0.2) is 18.6 Å². The molecule has 5 heteroatoms. The van der Waals surface area contributed by atoms with Gasteiger partial charge in [0, 0.05) is 5.57 Å². The molecule has 1 aliphatic rings. The van der Waals surface area contributed by atoms with E-state index in [1.807, 2.05) is 50.4 Å². The summed E-state index contributed by atoms with van der Waals surface area (Å²) in [6, 6.07) is 5.80. The van der Waals surface area contributed by atoms with Gasteiger partial charge in [0.15, 0.2) is 0 Å². The number of nitrogens with one attached hydrogen (secondary N) is 1. The van der Waals surface area contributed by atoms with E-state index in [1.54, 1.807) is 0 Å². The first kappa shape index (κ1) is 16.3. The van der Waals surface area contributed by atoms with Gasteiger partial charge in [-0.3, -0.25) is 4.79 Å². The van der Waals surface area contributed by atoms with E-state index in [0.29, 0.717) is 17.6 Å². The van der Waals surface area contributed by atoms with Crippen LogP contribution in [0.2, 0.25) is 0 Å². The SMILES string of the molecule is CC1=CC(c2ccc(C)c(C)c2)=C(C(=O)NCC(F)(F)F)C1. The van der Waals surface area contributed by atoms with E-state index in [-0.39, 0.29) is 0 Å². The number of carbonyl (C=O) groups is 1. The van der Waals surface area contributed by atoms with Crippen LogP contribution in [0.5, 0.6) is 0 Å². The lowest BCUT2D eigenvalue weighted by Gasteiger charge is -2.12. The zero-order chi connectivity index (χ0) is 16.5. The monoisotopic (exact) mass is 309 g/mol. The molecular formula is C17H18F3NO. The highest BCUT2D eigenvalue weighted by atomic mass is 19.4. The van der Waals surface area contributed by atoms with Gasteiger partial charge in [0.05, 0.1) is 0 Å². The summed E-state index contributed by atoms with van der Waals surface area (Å²) in [5, 5.41) is 1.96. The van der Waals surface area contributed by atoms with Crippen LogP contribution in [0.3, 0.4) is 0 Å². The van der Waals surface area contributed by atoms with Crippen molar-refractivity contribution in [1.29, 1.82) is 0 Å². The van der Waals surface area contributed by atoms with E-state index in [0.717, 1.165) is 22.3 Å². The number of allylic oxidation sites excluding steroid dienone is 3. The number of hydrogen-bond acceptors (Lipinski definition) is 1. The van der Waals surface area contributed by atoms with Crippen LogP contribution in [0, 0.1) is 13.8 Å². The summed E-state index contributed by atoms with van der Waals surface area (Å²) in [5.74, 6) is -0.654. The Labute approximate surface area is 127 Å². The fourth-order valence-electron chi connectivity index (χ4n) is 2.41. The molecule has 0 radical (unpaired) electrons. The quantitative estimate of drug-likeness (QED) is 0.895. The summed E-state index contributed by atoms with van der Waals surface area (Å²) in [7, 11) is 0. The van der Waals surface area contributed by atoms with Gasteiger partial charge in [-0.25, -0.2) is 0 Å². The maximum atomic E-state index is 12.3. The minimum absolute atomic E-state index is 0.381. The molecule has 1 amide bonds. The fourth-order valence-corrected chi connectivity index (χ4v) is 2.41. The van der Waals surface area contributed by atoms with E-state index in [4.69, 9.17) is 0 Å². The van der Waals surface area contributed by atoms with Gasteiger partial charge < -0.3 is 5.32 Å². The molecule has 0 unspecified atom stereocenters. The first-order valence-corrected chi connectivity index (χ1v) is 7.00. The number of hydrogen-bond donors (Lipinski definition) is 1. The predicted octanol–water partition coefficient (Wildman–Crippen LogP) is 4.09. The second-order valence-corrected chi connectivity index (χ2v) is 5.66. The topological polar surface area (TPSA) is 29.1 Å². The van der Waals surface area contributed by atoms with Gasteiger partial charge >= 0.3 is 6.18 Å². The van der Waals surface area contributed by atoms with Crippen molar-refractivity contribution in [2.75, 3.05) is 6.54 Å². The largest absolute Gasteiger partial charge is 0.405 e. The average Bonchev–Trinajstić information content (AvgIpc) is 2.80. The van der Waals surface area contributed by atoms with Gasteiger partial charge in [-0.2, -0.15) is 13.2 Å². The molecular weight excluding hydrogens is 291 g/mol. The minimum atomic E-state index is -4.40. The van der Waals surface area contributed by atoms with Gasteiger partial charge in [-0.1, -0.05) is 29.8 Å². The van der Waals surface area contributed by atoms with Crippen molar-refractivity contribution in [1.82, 2.24) is 5.32 Å². The van der Waals surface area contributed by atoms with Gasteiger partial charge in [-0.05, 0) is 49.5 Å². The molecule has 2 nitrogen and oxygen atoms in total. The van der Waals surface area contributed by atoms with Gasteiger partial charge in [-0.15, -0.1) is 0 Å². The van der Waals surface area contributed by atoms with Crippen molar-refractivity contribution in [3.63, 3.8) is 0 Å². The van der Waals surface area contributed by atoms with E-state index < -0.39 is 18.6 Å². The number of aryl methyl sites for hydroxylation is 2. The Morgan fingerprint density at radius 1 is 1.18 bits per heavy atom. The third-order valence-electron chi connectivity index (χ3n) is 3.71. The molecule has 2 rings (SSSR count).